The minimum Gasteiger partial charge on any atom is -0.494 e. The Kier molecular flexibility index (Phi) is 6.27. The summed E-state index contributed by atoms with van der Waals surface area (Å²) < 4.78 is 7.09. The molecule has 0 aliphatic carbocycles. The lowest BCUT2D eigenvalue weighted by Crippen LogP contribution is -2.14. The maximum atomic E-state index is 12.6. The Morgan fingerprint density at radius 1 is 0.844 bits per heavy atom. The normalized spacial score (nSPS) is 10.4. The van der Waals surface area contributed by atoms with Crippen LogP contribution in [-0.4, -0.2) is 28.2 Å². The molecule has 0 radical (unpaired) electrons. The molecule has 0 atom stereocenters. The van der Waals surface area contributed by atoms with Gasteiger partial charge in [-0.25, -0.2) is 4.68 Å². The first-order valence-corrected chi connectivity index (χ1v) is 10.2. The van der Waals surface area contributed by atoms with Crippen LogP contribution in [0.25, 0.3) is 5.69 Å². The number of carbonyl (C=O) groups excluding carboxylic acids is 2. The highest BCUT2D eigenvalue weighted by Gasteiger charge is 2.10. The van der Waals surface area contributed by atoms with Crippen molar-refractivity contribution in [2.75, 3.05) is 17.2 Å². The van der Waals surface area contributed by atoms with Crippen LogP contribution in [0.3, 0.4) is 0 Å². The molecule has 2 N–H and O–H groups in total. The highest BCUT2D eigenvalue weighted by Crippen LogP contribution is 2.18. The van der Waals surface area contributed by atoms with Crippen molar-refractivity contribution in [3.63, 3.8) is 0 Å². The molecule has 4 aromatic rings. The Balaban J connectivity index is 1.38. The Morgan fingerprint density at radius 3 is 2.12 bits per heavy atom. The summed E-state index contributed by atoms with van der Waals surface area (Å²) in [5, 5.41) is 9.87. The van der Waals surface area contributed by atoms with Gasteiger partial charge < -0.3 is 15.4 Å². The Labute approximate surface area is 185 Å². The second-order valence-electron chi connectivity index (χ2n) is 6.94. The third-order valence-corrected chi connectivity index (χ3v) is 4.71. The van der Waals surface area contributed by atoms with Crippen molar-refractivity contribution in [3.05, 3.63) is 102 Å². The Morgan fingerprint density at radius 2 is 1.50 bits per heavy atom. The maximum absolute atomic E-state index is 12.6. The van der Waals surface area contributed by atoms with E-state index in [1.54, 1.807) is 77.6 Å². The van der Waals surface area contributed by atoms with Gasteiger partial charge in [-0.05, 0) is 79.7 Å². The first-order chi connectivity index (χ1) is 15.6. The molecule has 0 saturated heterocycles. The number of hydrogen-bond acceptors (Lipinski definition) is 4. The molecule has 32 heavy (non-hydrogen) atoms. The summed E-state index contributed by atoms with van der Waals surface area (Å²) in [5.74, 6) is 0.269. The van der Waals surface area contributed by atoms with Crippen molar-refractivity contribution < 1.29 is 14.3 Å². The van der Waals surface area contributed by atoms with E-state index >= 15 is 0 Å². The smallest absolute Gasteiger partial charge is 0.255 e. The second-order valence-corrected chi connectivity index (χ2v) is 6.94. The summed E-state index contributed by atoms with van der Waals surface area (Å²) in [4.78, 5) is 25.1. The van der Waals surface area contributed by atoms with Gasteiger partial charge in [0.2, 0.25) is 0 Å². The van der Waals surface area contributed by atoms with Gasteiger partial charge in [0.05, 0.1) is 12.3 Å². The van der Waals surface area contributed by atoms with E-state index in [4.69, 9.17) is 4.74 Å². The lowest BCUT2D eigenvalue weighted by atomic mass is 10.1. The average Bonchev–Trinajstić information content (AvgIpc) is 3.36. The van der Waals surface area contributed by atoms with E-state index in [0.717, 1.165) is 11.4 Å². The molecule has 0 aliphatic rings. The third-order valence-electron chi connectivity index (χ3n) is 4.71. The molecule has 3 aromatic carbocycles. The van der Waals surface area contributed by atoms with E-state index in [1.165, 1.54) is 0 Å². The van der Waals surface area contributed by atoms with Crippen LogP contribution in [0.4, 0.5) is 11.4 Å². The Bertz CT molecular complexity index is 1200. The van der Waals surface area contributed by atoms with Gasteiger partial charge in [0.25, 0.3) is 11.8 Å². The number of aromatic nitrogens is 2. The largest absolute Gasteiger partial charge is 0.494 e. The lowest BCUT2D eigenvalue weighted by molar-refractivity contribution is 0.102. The quantitative estimate of drug-likeness (QED) is 0.446. The van der Waals surface area contributed by atoms with Crippen molar-refractivity contribution in [2.24, 2.45) is 0 Å². The van der Waals surface area contributed by atoms with Crippen LogP contribution in [0.15, 0.2) is 91.3 Å². The molecule has 1 heterocycles. The van der Waals surface area contributed by atoms with E-state index in [-0.39, 0.29) is 11.8 Å². The Hall–Kier alpha value is -4.39. The third kappa shape index (κ3) is 5.02. The second kappa shape index (κ2) is 9.61. The van der Waals surface area contributed by atoms with Crippen LogP contribution >= 0.6 is 0 Å². The molecule has 4 rings (SSSR count). The SMILES string of the molecule is CCOc1ccc(NC(=O)c2ccc(NC(=O)c3cccc(-n4cccn4)c3)cc2)cc1. The average molecular weight is 426 g/mol. The standard InChI is InChI=1S/C25H22N4O3/c1-2-32-23-13-11-21(12-14-23)27-24(30)18-7-9-20(10-8-18)28-25(31)19-5-3-6-22(17-19)29-16-4-15-26-29/h3-17H,2H2,1H3,(H,27,30)(H,28,31). The van der Waals surface area contributed by atoms with Gasteiger partial charge in [0.15, 0.2) is 0 Å². The van der Waals surface area contributed by atoms with Gasteiger partial charge >= 0.3 is 0 Å². The first-order valence-electron chi connectivity index (χ1n) is 10.2. The molecule has 0 unspecified atom stereocenters. The van der Waals surface area contributed by atoms with Crippen LogP contribution in [0.2, 0.25) is 0 Å². The molecule has 7 nitrogen and oxygen atoms in total. The number of carbonyl (C=O) groups is 2. The summed E-state index contributed by atoms with van der Waals surface area (Å²) in [7, 11) is 0. The van der Waals surface area contributed by atoms with Crippen LogP contribution in [0.1, 0.15) is 27.6 Å². The number of hydrogen-bond donors (Lipinski definition) is 2. The van der Waals surface area contributed by atoms with E-state index in [2.05, 4.69) is 15.7 Å². The first kappa shape index (κ1) is 20.9. The highest BCUT2D eigenvalue weighted by atomic mass is 16.5. The summed E-state index contributed by atoms with van der Waals surface area (Å²) in [6, 6.07) is 22.9. The van der Waals surface area contributed by atoms with Gasteiger partial charge in [0, 0.05) is 34.9 Å². The van der Waals surface area contributed by atoms with Gasteiger partial charge in [-0.2, -0.15) is 5.10 Å². The van der Waals surface area contributed by atoms with Crippen molar-refractivity contribution in [2.45, 2.75) is 6.92 Å². The van der Waals surface area contributed by atoms with Crippen molar-refractivity contribution in [1.29, 1.82) is 0 Å². The topological polar surface area (TPSA) is 85.3 Å². The van der Waals surface area contributed by atoms with Crippen molar-refractivity contribution >= 4 is 23.2 Å². The zero-order chi connectivity index (χ0) is 22.3. The number of benzene rings is 3. The molecular weight excluding hydrogens is 404 g/mol. The summed E-state index contributed by atoms with van der Waals surface area (Å²) in [5.41, 5.74) is 3.06. The van der Waals surface area contributed by atoms with Gasteiger partial charge in [0.1, 0.15) is 5.75 Å². The van der Waals surface area contributed by atoms with Crippen LogP contribution in [0.5, 0.6) is 5.75 Å². The monoisotopic (exact) mass is 426 g/mol. The number of nitrogens with one attached hydrogen (secondary N) is 2. The fraction of sp³-hybridized carbons (Fsp3) is 0.0800. The predicted octanol–water partition coefficient (Wildman–Crippen LogP) is 4.78. The maximum Gasteiger partial charge on any atom is 0.255 e. The van der Waals surface area contributed by atoms with Gasteiger partial charge in [-0.3, -0.25) is 9.59 Å². The number of ether oxygens (including phenoxy) is 1. The molecule has 0 bridgehead atoms. The minimum absolute atomic E-state index is 0.237. The predicted molar refractivity (Wildman–Crippen MR) is 124 cm³/mol. The van der Waals surface area contributed by atoms with Crippen LogP contribution < -0.4 is 15.4 Å². The fourth-order valence-corrected chi connectivity index (χ4v) is 3.12. The molecule has 7 heteroatoms. The van der Waals surface area contributed by atoms with Crippen LogP contribution in [-0.2, 0) is 0 Å². The molecular formula is C25H22N4O3. The lowest BCUT2D eigenvalue weighted by Gasteiger charge is -2.09. The molecule has 0 saturated carbocycles. The summed E-state index contributed by atoms with van der Waals surface area (Å²) >= 11 is 0. The zero-order valence-corrected chi connectivity index (χ0v) is 17.5. The molecule has 0 fully saturated rings. The number of anilines is 2. The van der Waals surface area contributed by atoms with Crippen molar-refractivity contribution in [1.82, 2.24) is 9.78 Å². The van der Waals surface area contributed by atoms with Crippen molar-refractivity contribution in [3.8, 4) is 11.4 Å². The van der Waals surface area contributed by atoms with Crippen LogP contribution in [0, 0.1) is 0 Å². The van der Waals surface area contributed by atoms with Gasteiger partial charge in [-0.15, -0.1) is 0 Å². The summed E-state index contributed by atoms with van der Waals surface area (Å²) in [6.07, 6.45) is 3.49. The molecule has 1 aromatic heterocycles. The number of rotatable bonds is 7. The number of nitrogens with zero attached hydrogens (tertiary/aromatic N) is 2. The molecule has 0 spiro atoms. The molecule has 2 amide bonds. The highest BCUT2D eigenvalue weighted by molar-refractivity contribution is 6.06. The van der Waals surface area contributed by atoms with E-state index in [9.17, 15) is 9.59 Å². The number of amides is 2. The minimum atomic E-state index is -0.245. The van der Waals surface area contributed by atoms with Gasteiger partial charge in [-0.1, -0.05) is 6.07 Å². The zero-order valence-electron chi connectivity index (χ0n) is 17.5. The summed E-state index contributed by atoms with van der Waals surface area (Å²) in [6.45, 7) is 2.50. The molecule has 0 aliphatic heterocycles. The van der Waals surface area contributed by atoms with E-state index in [0.29, 0.717) is 29.1 Å². The molecule has 160 valence electrons. The van der Waals surface area contributed by atoms with E-state index in [1.807, 2.05) is 25.3 Å². The fourth-order valence-electron chi connectivity index (χ4n) is 3.12. The van der Waals surface area contributed by atoms with E-state index < -0.39 is 0 Å².